The van der Waals surface area contributed by atoms with Gasteiger partial charge in [0, 0.05) is 6.54 Å². The molecule has 0 bridgehead atoms. The first kappa shape index (κ1) is 14.8. The second-order valence-corrected chi connectivity index (χ2v) is 4.79. The first-order valence-electron chi connectivity index (χ1n) is 6.11. The van der Waals surface area contributed by atoms with Gasteiger partial charge < -0.3 is 11.1 Å². The fraction of sp³-hybridized carbons (Fsp3) is 0.727. The lowest BCUT2D eigenvalue weighted by Crippen LogP contribution is -2.53. The molecule has 1 rings (SSSR count). The van der Waals surface area contributed by atoms with Gasteiger partial charge in [0.2, 0.25) is 5.91 Å². The molecule has 0 aromatic carbocycles. The zero-order chi connectivity index (χ0) is 13.7. The van der Waals surface area contributed by atoms with E-state index in [-0.39, 0.29) is 11.9 Å². The second kappa shape index (κ2) is 6.65. The number of hydrogen-bond donors (Lipinski definition) is 3. The summed E-state index contributed by atoms with van der Waals surface area (Å²) in [6.07, 6.45) is 1.83. The molecule has 1 aliphatic heterocycles. The van der Waals surface area contributed by atoms with Crippen molar-refractivity contribution in [1.82, 2.24) is 15.5 Å². The fourth-order valence-corrected chi connectivity index (χ4v) is 2.38. The first-order valence-corrected chi connectivity index (χ1v) is 6.52. The largest absolute Gasteiger partial charge is 0.392 e. The third-order valence-electron chi connectivity index (χ3n) is 3.07. The van der Waals surface area contributed by atoms with Gasteiger partial charge >= 0.3 is 6.03 Å². The maximum Gasteiger partial charge on any atom is 0.321 e. The van der Waals surface area contributed by atoms with Crippen LogP contribution < -0.4 is 16.4 Å². The van der Waals surface area contributed by atoms with Gasteiger partial charge in [0.05, 0.1) is 17.1 Å². The summed E-state index contributed by atoms with van der Waals surface area (Å²) in [5.74, 6) is -0.330. The average molecular weight is 272 g/mol. The van der Waals surface area contributed by atoms with Crippen LogP contribution in [0.1, 0.15) is 26.7 Å². The molecule has 1 aliphatic rings. The smallest absolute Gasteiger partial charge is 0.321 e. The highest BCUT2D eigenvalue weighted by atomic mass is 32.1. The monoisotopic (exact) mass is 272 g/mol. The Kier molecular flexibility index (Phi) is 5.49. The Morgan fingerprint density at radius 3 is 2.78 bits per heavy atom. The second-order valence-electron chi connectivity index (χ2n) is 4.32. The van der Waals surface area contributed by atoms with Crippen LogP contribution in [0.25, 0.3) is 0 Å². The maximum absolute atomic E-state index is 11.9. The van der Waals surface area contributed by atoms with Gasteiger partial charge in [-0.15, -0.1) is 0 Å². The lowest BCUT2D eigenvalue weighted by molar-refractivity contribution is -0.124. The SMILES string of the molecule is CCNC(=O)NC(=O)C(C)N1CCCC1C(N)=S. The van der Waals surface area contributed by atoms with Gasteiger partial charge in [0.25, 0.3) is 0 Å². The number of nitrogens with one attached hydrogen (secondary N) is 2. The fourth-order valence-electron chi connectivity index (χ4n) is 2.13. The lowest BCUT2D eigenvalue weighted by atomic mass is 10.2. The number of hydrogen-bond acceptors (Lipinski definition) is 4. The van der Waals surface area contributed by atoms with Crippen molar-refractivity contribution in [2.24, 2.45) is 5.73 Å². The maximum atomic E-state index is 11.9. The van der Waals surface area contributed by atoms with Crippen molar-refractivity contribution < 1.29 is 9.59 Å². The number of thiocarbonyl (C=S) groups is 1. The molecule has 3 amide bonds. The van der Waals surface area contributed by atoms with Crippen LogP contribution in [-0.2, 0) is 4.79 Å². The number of nitrogens with two attached hydrogens (primary N) is 1. The number of imide groups is 1. The van der Waals surface area contributed by atoms with Gasteiger partial charge in [-0.2, -0.15) is 0 Å². The molecule has 2 unspecified atom stereocenters. The van der Waals surface area contributed by atoms with Crippen molar-refractivity contribution >= 4 is 29.1 Å². The van der Waals surface area contributed by atoms with E-state index in [2.05, 4.69) is 10.6 Å². The van der Waals surface area contributed by atoms with E-state index in [4.69, 9.17) is 18.0 Å². The van der Waals surface area contributed by atoms with E-state index in [1.165, 1.54) is 0 Å². The number of carbonyl (C=O) groups is 2. The van der Waals surface area contributed by atoms with Crippen molar-refractivity contribution in [3.63, 3.8) is 0 Å². The van der Waals surface area contributed by atoms with Gasteiger partial charge in [-0.05, 0) is 33.2 Å². The molecule has 102 valence electrons. The van der Waals surface area contributed by atoms with Crippen molar-refractivity contribution in [3.8, 4) is 0 Å². The summed E-state index contributed by atoms with van der Waals surface area (Å²) >= 11 is 4.99. The van der Waals surface area contributed by atoms with Crippen molar-refractivity contribution in [3.05, 3.63) is 0 Å². The van der Waals surface area contributed by atoms with E-state index in [0.29, 0.717) is 11.5 Å². The van der Waals surface area contributed by atoms with Crippen LogP contribution in [0.2, 0.25) is 0 Å². The summed E-state index contributed by atoms with van der Waals surface area (Å²) in [5, 5.41) is 4.82. The molecule has 4 N–H and O–H groups in total. The Labute approximate surface area is 112 Å². The molecular formula is C11H20N4O2S. The van der Waals surface area contributed by atoms with Crippen LogP contribution >= 0.6 is 12.2 Å². The predicted octanol–water partition coefficient (Wildman–Crippen LogP) is -0.0289. The minimum Gasteiger partial charge on any atom is -0.392 e. The van der Waals surface area contributed by atoms with Crippen molar-refractivity contribution in [2.75, 3.05) is 13.1 Å². The Morgan fingerprint density at radius 2 is 2.22 bits per heavy atom. The van der Waals surface area contributed by atoms with E-state index in [0.717, 1.165) is 19.4 Å². The third kappa shape index (κ3) is 3.64. The summed E-state index contributed by atoms with van der Waals surface area (Å²) in [4.78, 5) is 25.5. The van der Waals surface area contributed by atoms with Gasteiger partial charge in [-0.3, -0.25) is 15.0 Å². The molecule has 6 nitrogen and oxygen atoms in total. The first-order chi connectivity index (χ1) is 8.47. The highest BCUT2D eigenvalue weighted by Gasteiger charge is 2.33. The highest BCUT2D eigenvalue weighted by Crippen LogP contribution is 2.20. The number of likely N-dealkylation sites (tertiary alicyclic amines) is 1. The van der Waals surface area contributed by atoms with Gasteiger partial charge in [-0.1, -0.05) is 12.2 Å². The Hall–Kier alpha value is -1.21. The lowest BCUT2D eigenvalue weighted by Gasteiger charge is -2.28. The normalized spacial score (nSPS) is 21.3. The van der Waals surface area contributed by atoms with E-state index in [1.54, 1.807) is 13.8 Å². The van der Waals surface area contributed by atoms with Crippen molar-refractivity contribution in [2.45, 2.75) is 38.8 Å². The number of amides is 3. The average Bonchev–Trinajstić information content (AvgIpc) is 2.76. The summed E-state index contributed by atoms with van der Waals surface area (Å²) < 4.78 is 0. The molecule has 0 radical (unpaired) electrons. The molecule has 0 aromatic rings. The van der Waals surface area contributed by atoms with Crippen LogP contribution in [0.4, 0.5) is 4.79 Å². The molecule has 0 saturated carbocycles. The Balaban J connectivity index is 2.57. The van der Waals surface area contributed by atoms with Gasteiger partial charge in [-0.25, -0.2) is 4.79 Å². The molecule has 1 heterocycles. The molecule has 1 fully saturated rings. The number of urea groups is 1. The molecule has 1 saturated heterocycles. The molecule has 18 heavy (non-hydrogen) atoms. The summed E-state index contributed by atoms with van der Waals surface area (Å²) in [6, 6.07) is -0.933. The summed E-state index contributed by atoms with van der Waals surface area (Å²) in [7, 11) is 0. The van der Waals surface area contributed by atoms with Crippen LogP contribution in [0, 0.1) is 0 Å². The topological polar surface area (TPSA) is 87.5 Å². The Bertz CT molecular complexity index is 348. The Morgan fingerprint density at radius 1 is 1.56 bits per heavy atom. The third-order valence-corrected chi connectivity index (χ3v) is 3.35. The summed E-state index contributed by atoms with van der Waals surface area (Å²) in [5.41, 5.74) is 5.65. The van der Waals surface area contributed by atoms with Gasteiger partial charge in [0.15, 0.2) is 0 Å². The van der Waals surface area contributed by atoms with Crippen LogP contribution in [-0.4, -0.2) is 47.0 Å². The number of rotatable bonds is 4. The minimum atomic E-state index is -0.472. The highest BCUT2D eigenvalue weighted by molar-refractivity contribution is 7.80. The zero-order valence-electron chi connectivity index (χ0n) is 10.7. The van der Waals surface area contributed by atoms with E-state index < -0.39 is 12.1 Å². The zero-order valence-corrected chi connectivity index (χ0v) is 11.5. The summed E-state index contributed by atoms with van der Waals surface area (Å²) in [6.45, 7) is 4.79. The quantitative estimate of drug-likeness (QED) is 0.626. The molecule has 0 aliphatic carbocycles. The van der Waals surface area contributed by atoms with Crippen LogP contribution in [0.3, 0.4) is 0 Å². The molecule has 0 spiro atoms. The number of nitrogens with zero attached hydrogens (tertiary/aromatic N) is 1. The standard InChI is InChI=1S/C11H20N4O2S/c1-3-13-11(17)14-10(16)7(2)15-6-4-5-8(15)9(12)18/h7-8H,3-6H2,1-2H3,(H2,12,18)(H2,13,14,16,17). The minimum absolute atomic E-state index is 0.0463. The van der Waals surface area contributed by atoms with E-state index in [1.807, 2.05) is 4.90 Å². The molecule has 7 heteroatoms. The molecule has 0 aromatic heterocycles. The van der Waals surface area contributed by atoms with E-state index in [9.17, 15) is 9.59 Å². The molecule has 2 atom stereocenters. The van der Waals surface area contributed by atoms with Crippen molar-refractivity contribution in [1.29, 1.82) is 0 Å². The van der Waals surface area contributed by atoms with Gasteiger partial charge in [0.1, 0.15) is 0 Å². The number of carbonyl (C=O) groups excluding carboxylic acids is 2. The predicted molar refractivity (Wildman–Crippen MR) is 73.2 cm³/mol. The van der Waals surface area contributed by atoms with Crippen LogP contribution in [0.5, 0.6) is 0 Å². The molecular weight excluding hydrogens is 252 g/mol. The van der Waals surface area contributed by atoms with Crippen LogP contribution in [0.15, 0.2) is 0 Å². The van der Waals surface area contributed by atoms with E-state index >= 15 is 0 Å².